The third kappa shape index (κ3) is 6.72. The van der Waals surface area contributed by atoms with Gasteiger partial charge in [0.25, 0.3) is 0 Å². The Morgan fingerprint density at radius 2 is 0.905 bits per heavy atom. The Hall–Kier alpha value is -2.14. The first-order valence-corrected chi connectivity index (χ1v) is 5.58. The van der Waals surface area contributed by atoms with Crippen molar-refractivity contribution in [1.82, 2.24) is 0 Å². The summed E-state index contributed by atoms with van der Waals surface area (Å²) in [5.74, 6) is -1.86. The van der Waals surface area contributed by atoms with Crippen molar-refractivity contribution in [2.75, 3.05) is 11.5 Å². The molecule has 2 rings (SSSR count). The van der Waals surface area contributed by atoms with Crippen LogP contribution in [-0.4, -0.2) is 22.2 Å². The van der Waals surface area contributed by atoms with Gasteiger partial charge in [-0.05, 0) is 48.5 Å². The minimum Gasteiger partial charge on any atom is -0.478 e. The van der Waals surface area contributed by atoms with Gasteiger partial charge in [0.05, 0.1) is 11.1 Å². The van der Waals surface area contributed by atoms with Crippen LogP contribution in [0.2, 0.25) is 0 Å². The molecule has 0 radical (unpaired) electrons. The molecule has 21 heavy (non-hydrogen) atoms. The van der Waals surface area contributed by atoms with E-state index in [1.807, 2.05) is 0 Å². The van der Waals surface area contributed by atoms with E-state index in [-0.39, 0.29) is 37.3 Å². The van der Waals surface area contributed by atoms with Crippen LogP contribution >= 0.6 is 0 Å². The average molecular weight is 366 g/mol. The molecular weight excluding hydrogens is 351 g/mol. The fraction of sp³-hybridized carbons (Fsp3) is 0. The van der Waals surface area contributed by atoms with Gasteiger partial charge in [0.2, 0.25) is 0 Å². The van der Waals surface area contributed by atoms with E-state index in [2.05, 4.69) is 0 Å². The molecule has 0 unspecified atom stereocenters. The number of anilines is 2. The Kier molecular flexibility index (Phi) is 8.01. The quantitative estimate of drug-likeness (QED) is 0.602. The zero-order valence-electron chi connectivity index (χ0n) is 11.0. The molecule has 0 aliphatic carbocycles. The van der Waals surface area contributed by atoms with E-state index < -0.39 is 11.9 Å². The molecule has 0 saturated carbocycles. The van der Waals surface area contributed by atoms with Crippen molar-refractivity contribution in [2.45, 2.75) is 0 Å². The maximum absolute atomic E-state index is 10.3. The summed E-state index contributed by atoms with van der Waals surface area (Å²) in [6.45, 7) is 0. The molecule has 0 atom stereocenters. The van der Waals surface area contributed by atoms with Crippen LogP contribution in [0.3, 0.4) is 0 Å². The zero-order valence-corrected chi connectivity index (χ0v) is 13.4. The fourth-order valence-electron chi connectivity index (χ4n) is 1.25. The van der Waals surface area contributed by atoms with E-state index in [0.717, 1.165) is 0 Å². The van der Waals surface area contributed by atoms with E-state index in [4.69, 9.17) is 21.7 Å². The summed E-state index contributed by atoms with van der Waals surface area (Å²) in [5.41, 5.74) is 12.3. The molecule has 2 aromatic rings. The minimum absolute atomic E-state index is 0. The van der Waals surface area contributed by atoms with Crippen molar-refractivity contribution in [2.24, 2.45) is 0 Å². The van der Waals surface area contributed by atoms with E-state index in [1.165, 1.54) is 24.3 Å². The summed E-state index contributed by atoms with van der Waals surface area (Å²) in [6, 6.07) is 12.1. The molecule has 108 valence electrons. The van der Waals surface area contributed by atoms with Gasteiger partial charge in [-0.3, -0.25) is 0 Å². The Bertz CT molecular complexity index is 542. The molecule has 0 spiro atoms. The number of rotatable bonds is 2. The number of benzene rings is 2. The molecule has 0 amide bonds. The van der Waals surface area contributed by atoms with Crippen LogP contribution < -0.4 is 11.5 Å². The smallest absolute Gasteiger partial charge is 0.335 e. The second-order valence-corrected chi connectivity index (χ2v) is 3.85. The average Bonchev–Trinajstić information content (AvgIpc) is 2.40. The molecule has 7 heteroatoms. The summed E-state index contributed by atoms with van der Waals surface area (Å²) >= 11 is 0. The second kappa shape index (κ2) is 8.92. The molecule has 0 aromatic heterocycles. The Morgan fingerprint density at radius 3 is 1.10 bits per heavy atom. The van der Waals surface area contributed by atoms with Crippen molar-refractivity contribution < 1.29 is 46.0 Å². The van der Waals surface area contributed by atoms with Crippen LogP contribution in [0.5, 0.6) is 0 Å². The van der Waals surface area contributed by atoms with Gasteiger partial charge in [-0.1, -0.05) is 0 Å². The molecule has 0 saturated heterocycles. The van der Waals surface area contributed by atoms with Gasteiger partial charge in [-0.2, -0.15) is 0 Å². The molecule has 6 N–H and O–H groups in total. The molecule has 0 aliphatic heterocycles. The third-order valence-electron chi connectivity index (χ3n) is 2.32. The topological polar surface area (TPSA) is 127 Å². The second-order valence-electron chi connectivity index (χ2n) is 3.85. The largest absolute Gasteiger partial charge is 0.478 e. The maximum atomic E-state index is 10.3. The first-order valence-electron chi connectivity index (χ1n) is 5.58. The van der Waals surface area contributed by atoms with Crippen molar-refractivity contribution in [3.8, 4) is 0 Å². The van der Waals surface area contributed by atoms with Crippen molar-refractivity contribution in [1.29, 1.82) is 0 Å². The standard InChI is InChI=1S/2C7H7NO2.Zr/c2*8-6-3-1-5(2-4-6)7(9)10;/h2*1-4H,8H2,(H,9,10);. The molecule has 6 nitrogen and oxygen atoms in total. The van der Waals surface area contributed by atoms with Gasteiger partial charge >= 0.3 is 11.9 Å². The van der Waals surface area contributed by atoms with Crippen LogP contribution in [-0.2, 0) is 26.2 Å². The van der Waals surface area contributed by atoms with Crippen LogP contribution in [0.25, 0.3) is 0 Å². The van der Waals surface area contributed by atoms with Crippen molar-refractivity contribution >= 4 is 23.3 Å². The van der Waals surface area contributed by atoms with Gasteiger partial charge < -0.3 is 21.7 Å². The summed E-state index contributed by atoms with van der Waals surface area (Å²) in [4.78, 5) is 20.5. The number of hydrogen-bond acceptors (Lipinski definition) is 4. The molecule has 2 aromatic carbocycles. The van der Waals surface area contributed by atoms with E-state index >= 15 is 0 Å². The molecular formula is C14H14N2O4Zr. The Balaban J connectivity index is 0.000000364. The third-order valence-corrected chi connectivity index (χ3v) is 2.32. The van der Waals surface area contributed by atoms with Crippen LogP contribution in [0.4, 0.5) is 11.4 Å². The predicted octanol–water partition coefficient (Wildman–Crippen LogP) is 1.93. The summed E-state index contributed by atoms with van der Waals surface area (Å²) in [6.07, 6.45) is 0. The normalized spacial score (nSPS) is 8.76. The molecule has 0 bridgehead atoms. The first-order chi connectivity index (χ1) is 9.40. The summed E-state index contributed by atoms with van der Waals surface area (Å²) in [7, 11) is 0. The molecule has 0 fully saturated rings. The van der Waals surface area contributed by atoms with Gasteiger partial charge in [0, 0.05) is 37.6 Å². The molecule has 0 heterocycles. The Morgan fingerprint density at radius 1 is 0.667 bits per heavy atom. The van der Waals surface area contributed by atoms with E-state index in [0.29, 0.717) is 11.4 Å². The number of nitrogens with two attached hydrogens (primary N) is 2. The van der Waals surface area contributed by atoms with Crippen LogP contribution in [0.1, 0.15) is 20.7 Å². The zero-order chi connectivity index (χ0) is 15.1. The first kappa shape index (κ1) is 18.9. The number of carboxylic acids is 2. The van der Waals surface area contributed by atoms with Crippen LogP contribution in [0.15, 0.2) is 48.5 Å². The van der Waals surface area contributed by atoms with Gasteiger partial charge in [-0.15, -0.1) is 0 Å². The van der Waals surface area contributed by atoms with Crippen LogP contribution in [0, 0.1) is 0 Å². The minimum atomic E-state index is -0.931. The number of carboxylic acid groups (broad SMARTS) is 2. The van der Waals surface area contributed by atoms with Gasteiger partial charge in [0.1, 0.15) is 0 Å². The van der Waals surface area contributed by atoms with Crippen molar-refractivity contribution in [3.63, 3.8) is 0 Å². The molecule has 0 aliphatic rings. The van der Waals surface area contributed by atoms with Gasteiger partial charge in [0.15, 0.2) is 0 Å². The predicted molar refractivity (Wildman–Crippen MR) is 75.6 cm³/mol. The number of nitrogen functional groups attached to an aromatic ring is 2. The monoisotopic (exact) mass is 364 g/mol. The summed E-state index contributed by atoms with van der Waals surface area (Å²) < 4.78 is 0. The fourth-order valence-corrected chi connectivity index (χ4v) is 1.25. The van der Waals surface area contributed by atoms with Gasteiger partial charge in [-0.25, -0.2) is 9.59 Å². The Labute approximate surface area is 140 Å². The number of aromatic carboxylic acids is 2. The SMILES string of the molecule is Nc1ccc(C(=O)O)cc1.Nc1ccc(C(=O)O)cc1.[Zr]. The van der Waals surface area contributed by atoms with E-state index in [1.54, 1.807) is 24.3 Å². The number of carbonyl (C=O) groups is 2. The van der Waals surface area contributed by atoms with Crippen molar-refractivity contribution in [3.05, 3.63) is 59.7 Å². The number of hydrogen-bond donors (Lipinski definition) is 4. The summed E-state index contributed by atoms with van der Waals surface area (Å²) in [5, 5.41) is 16.9. The van der Waals surface area contributed by atoms with E-state index in [9.17, 15) is 9.59 Å². The maximum Gasteiger partial charge on any atom is 0.335 e.